The molecule has 1 aliphatic heterocycles. The molecule has 5 aromatic rings. The van der Waals surface area contributed by atoms with Gasteiger partial charge < -0.3 is 19.7 Å². The van der Waals surface area contributed by atoms with Gasteiger partial charge in [0.05, 0.1) is 23.8 Å². The molecule has 0 aliphatic carbocycles. The number of hydrogen-bond acceptors (Lipinski definition) is 5. The number of benzene rings is 4. The highest BCUT2D eigenvalue weighted by molar-refractivity contribution is 6.32. The van der Waals surface area contributed by atoms with Crippen LogP contribution in [-0.2, 0) is 11.3 Å². The van der Waals surface area contributed by atoms with Gasteiger partial charge in [0, 0.05) is 41.7 Å². The van der Waals surface area contributed by atoms with Gasteiger partial charge in [0.1, 0.15) is 18.2 Å². The number of aromatic nitrogens is 1. The normalized spacial score (nSPS) is 13.4. The van der Waals surface area contributed by atoms with E-state index in [9.17, 15) is 4.39 Å². The second kappa shape index (κ2) is 11.3. The Morgan fingerprint density at radius 3 is 2.59 bits per heavy atom. The summed E-state index contributed by atoms with van der Waals surface area (Å²) in [7, 11) is 0. The van der Waals surface area contributed by atoms with Crippen molar-refractivity contribution in [3.05, 3.63) is 114 Å². The lowest BCUT2D eigenvalue weighted by atomic mass is 10.0. The topological polar surface area (TPSA) is 46.6 Å². The van der Waals surface area contributed by atoms with Crippen molar-refractivity contribution in [1.82, 2.24) is 4.98 Å². The summed E-state index contributed by atoms with van der Waals surface area (Å²) < 4.78 is 24.7. The Kier molecular flexibility index (Phi) is 7.30. The summed E-state index contributed by atoms with van der Waals surface area (Å²) in [4.78, 5) is 6.99. The van der Waals surface area contributed by atoms with Crippen molar-refractivity contribution in [3.63, 3.8) is 0 Å². The van der Waals surface area contributed by atoms with Gasteiger partial charge in [-0.15, -0.1) is 0 Å². The minimum atomic E-state index is -0.292. The first-order valence-electron chi connectivity index (χ1n) is 12.9. The number of halogens is 2. The van der Waals surface area contributed by atoms with E-state index in [1.807, 2.05) is 30.3 Å². The second-order valence-corrected chi connectivity index (χ2v) is 9.84. The van der Waals surface area contributed by atoms with Crippen LogP contribution in [0.2, 0.25) is 5.02 Å². The zero-order valence-corrected chi connectivity index (χ0v) is 22.0. The number of nitrogens with one attached hydrogen (secondary N) is 1. The molecule has 39 heavy (non-hydrogen) atoms. The van der Waals surface area contributed by atoms with Crippen LogP contribution in [0.25, 0.3) is 22.0 Å². The molecule has 5 nitrogen and oxygen atoms in total. The molecule has 1 aromatic heterocycles. The first kappa shape index (κ1) is 25.2. The minimum Gasteiger partial charge on any atom is -0.487 e. The van der Waals surface area contributed by atoms with Crippen LogP contribution in [0.1, 0.15) is 5.56 Å². The average Bonchev–Trinajstić information content (AvgIpc) is 2.97. The third kappa shape index (κ3) is 5.82. The Morgan fingerprint density at radius 2 is 1.74 bits per heavy atom. The Hall–Kier alpha value is -4.13. The summed E-state index contributed by atoms with van der Waals surface area (Å²) in [5.41, 5.74) is 6.87. The molecule has 6 rings (SSSR count). The number of hydrogen-bond donors (Lipinski definition) is 1. The van der Waals surface area contributed by atoms with E-state index in [4.69, 9.17) is 21.1 Å². The van der Waals surface area contributed by atoms with Crippen LogP contribution in [0.3, 0.4) is 0 Å². The Balaban J connectivity index is 1.20. The molecule has 0 radical (unpaired) electrons. The van der Waals surface area contributed by atoms with E-state index in [0.29, 0.717) is 10.8 Å². The van der Waals surface area contributed by atoms with Gasteiger partial charge in [-0.3, -0.25) is 4.98 Å². The van der Waals surface area contributed by atoms with Crippen molar-refractivity contribution in [2.45, 2.75) is 6.61 Å². The number of pyridine rings is 1. The van der Waals surface area contributed by atoms with Crippen molar-refractivity contribution in [1.29, 1.82) is 0 Å². The minimum absolute atomic E-state index is 0.233. The smallest absolute Gasteiger partial charge is 0.138 e. The van der Waals surface area contributed by atoms with Gasteiger partial charge in [-0.05, 0) is 71.3 Å². The maximum Gasteiger partial charge on any atom is 0.138 e. The van der Waals surface area contributed by atoms with Crippen molar-refractivity contribution >= 4 is 39.6 Å². The van der Waals surface area contributed by atoms with Gasteiger partial charge in [0.2, 0.25) is 0 Å². The predicted octanol–water partition coefficient (Wildman–Crippen LogP) is 7.85. The van der Waals surface area contributed by atoms with E-state index in [2.05, 4.69) is 57.7 Å². The van der Waals surface area contributed by atoms with Crippen LogP contribution in [-0.4, -0.2) is 31.3 Å². The van der Waals surface area contributed by atoms with Gasteiger partial charge in [-0.2, -0.15) is 0 Å². The van der Waals surface area contributed by atoms with E-state index in [0.717, 1.165) is 65.3 Å². The van der Waals surface area contributed by atoms with E-state index >= 15 is 0 Å². The molecule has 1 aliphatic rings. The molecule has 0 amide bonds. The first-order valence-corrected chi connectivity index (χ1v) is 13.3. The Labute approximate surface area is 231 Å². The molecular weight excluding hydrogens is 513 g/mol. The molecule has 196 valence electrons. The number of fused-ring (bicyclic) bond motifs is 1. The molecule has 0 unspecified atom stereocenters. The lowest BCUT2D eigenvalue weighted by molar-refractivity contribution is 0.122. The Morgan fingerprint density at radius 1 is 0.897 bits per heavy atom. The molecule has 0 saturated carbocycles. The fraction of sp³-hybridized carbons (Fsp3) is 0.156. The zero-order chi connectivity index (χ0) is 26.6. The number of nitrogens with zero attached hydrogens (tertiary/aromatic N) is 2. The molecule has 0 spiro atoms. The number of anilines is 3. The molecule has 2 heterocycles. The quantitative estimate of drug-likeness (QED) is 0.228. The molecule has 0 bridgehead atoms. The second-order valence-electron chi connectivity index (χ2n) is 9.43. The highest BCUT2D eigenvalue weighted by Gasteiger charge is 2.13. The van der Waals surface area contributed by atoms with Gasteiger partial charge in [0.15, 0.2) is 0 Å². The largest absolute Gasteiger partial charge is 0.487 e. The van der Waals surface area contributed by atoms with Gasteiger partial charge >= 0.3 is 0 Å². The summed E-state index contributed by atoms with van der Waals surface area (Å²) in [5, 5.41) is 4.94. The van der Waals surface area contributed by atoms with Gasteiger partial charge in [-0.1, -0.05) is 48.0 Å². The highest BCUT2D eigenvalue weighted by atomic mass is 35.5. The molecule has 4 aromatic carbocycles. The standard InChI is InChI=1S/C32H27ClFN3O2/c33-29-20-26(8-10-32(29)39-21-22-3-1-5-25(34)17-22)36-30-11-12-35-31-19-24(7-9-28(30)31)23-4-2-6-27(18-23)37-13-15-38-16-14-37/h1-12,17-20H,13-16,21H2,(H,35,36). The molecule has 1 N–H and O–H groups in total. The summed E-state index contributed by atoms with van der Waals surface area (Å²) in [6.45, 7) is 3.56. The molecule has 0 atom stereocenters. The van der Waals surface area contributed by atoms with Crippen molar-refractivity contribution in [3.8, 4) is 16.9 Å². The lowest BCUT2D eigenvalue weighted by Crippen LogP contribution is -2.36. The lowest BCUT2D eigenvalue weighted by Gasteiger charge is -2.29. The molecule has 1 saturated heterocycles. The fourth-order valence-corrected chi connectivity index (χ4v) is 5.01. The third-order valence-electron chi connectivity index (χ3n) is 6.79. The van der Waals surface area contributed by atoms with E-state index in [1.54, 1.807) is 12.3 Å². The third-order valence-corrected chi connectivity index (χ3v) is 7.09. The van der Waals surface area contributed by atoms with Gasteiger partial charge in [0.25, 0.3) is 0 Å². The van der Waals surface area contributed by atoms with Crippen molar-refractivity contribution < 1.29 is 13.9 Å². The zero-order valence-electron chi connectivity index (χ0n) is 21.2. The van der Waals surface area contributed by atoms with Crippen LogP contribution >= 0.6 is 11.6 Å². The SMILES string of the molecule is Fc1cccc(COc2ccc(Nc3ccnc4cc(-c5cccc(N6CCOCC6)c5)ccc34)cc2Cl)c1. The van der Waals surface area contributed by atoms with Crippen LogP contribution in [0, 0.1) is 5.82 Å². The van der Waals surface area contributed by atoms with E-state index in [-0.39, 0.29) is 12.4 Å². The first-order chi connectivity index (χ1) is 19.1. The highest BCUT2D eigenvalue weighted by Crippen LogP contribution is 2.33. The van der Waals surface area contributed by atoms with Gasteiger partial charge in [-0.25, -0.2) is 4.39 Å². The van der Waals surface area contributed by atoms with Crippen LogP contribution in [0.5, 0.6) is 5.75 Å². The van der Waals surface area contributed by atoms with Crippen LogP contribution in [0.4, 0.5) is 21.5 Å². The summed E-state index contributed by atoms with van der Waals surface area (Å²) in [6, 6.07) is 28.8. The van der Waals surface area contributed by atoms with Crippen molar-refractivity contribution in [2.75, 3.05) is 36.5 Å². The van der Waals surface area contributed by atoms with Crippen LogP contribution < -0.4 is 15.0 Å². The molecule has 7 heteroatoms. The van der Waals surface area contributed by atoms with E-state index < -0.39 is 0 Å². The number of morpholine rings is 1. The summed E-state index contributed by atoms with van der Waals surface area (Å²) in [5.74, 6) is 0.245. The maximum atomic E-state index is 13.4. The predicted molar refractivity (Wildman–Crippen MR) is 156 cm³/mol. The van der Waals surface area contributed by atoms with Crippen LogP contribution in [0.15, 0.2) is 97.2 Å². The summed E-state index contributed by atoms with van der Waals surface area (Å²) in [6.07, 6.45) is 1.80. The number of rotatable bonds is 7. The Bertz CT molecular complexity index is 1620. The summed E-state index contributed by atoms with van der Waals surface area (Å²) >= 11 is 6.51. The maximum absolute atomic E-state index is 13.4. The van der Waals surface area contributed by atoms with Crippen molar-refractivity contribution in [2.24, 2.45) is 0 Å². The molecular formula is C32H27ClFN3O2. The number of ether oxygens (including phenoxy) is 2. The van der Waals surface area contributed by atoms with E-state index in [1.165, 1.54) is 17.8 Å². The average molecular weight is 540 g/mol. The monoisotopic (exact) mass is 539 g/mol. The fourth-order valence-electron chi connectivity index (χ4n) is 4.78. The molecule has 1 fully saturated rings.